The summed E-state index contributed by atoms with van der Waals surface area (Å²) < 4.78 is 61.1. The van der Waals surface area contributed by atoms with Crippen LogP contribution in [0.2, 0.25) is 0 Å². The fourth-order valence-electron chi connectivity index (χ4n) is 3.57. The Morgan fingerprint density at radius 1 is 0.757 bits per heavy atom. The van der Waals surface area contributed by atoms with Crippen molar-refractivity contribution in [1.82, 2.24) is 0 Å². The summed E-state index contributed by atoms with van der Waals surface area (Å²) >= 11 is 0. The summed E-state index contributed by atoms with van der Waals surface area (Å²) in [4.78, 5) is 43.2. The third-order valence-electron chi connectivity index (χ3n) is 5.39. The van der Waals surface area contributed by atoms with Gasteiger partial charge in [-0.1, -0.05) is 65.2 Å². The van der Waals surface area contributed by atoms with E-state index >= 15 is 0 Å². The fourth-order valence-corrected chi connectivity index (χ4v) is 5.32. The van der Waals surface area contributed by atoms with Gasteiger partial charge in [0.05, 0.1) is 17.8 Å². The molecule has 0 aromatic rings. The second-order valence-corrected chi connectivity index (χ2v) is 11.3. The molecule has 5 N–H and O–H groups in total. The average molecular weight is 587 g/mol. The topological polar surface area (TPSA) is 261 Å². The van der Waals surface area contributed by atoms with Crippen LogP contribution in [0.25, 0.3) is 0 Å². The number of carboxylic acids is 4. The second-order valence-electron chi connectivity index (χ2n) is 8.24. The number of carbonyl (C=O) groups is 4. The summed E-state index contributed by atoms with van der Waals surface area (Å²) in [5, 5.41) is 32.2. The molecule has 2 atom stereocenters. The van der Waals surface area contributed by atoms with Gasteiger partial charge in [-0.15, -0.1) is 0 Å². The van der Waals surface area contributed by atoms with Gasteiger partial charge in [0.15, 0.2) is 5.25 Å². The maximum Gasteiger partial charge on any atom is 1.00 e. The molecule has 0 spiro atoms. The summed E-state index contributed by atoms with van der Waals surface area (Å²) in [6.45, 7) is 3.96. The van der Waals surface area contributed by atoms with Crippen LogP contribution in [0.5, 0.6) is 0 Å². The number of unbranched alkanes of at least 4 members (excludes halogenated alkanes) is 6. The monoisotopic (exact) mass is 586 g/mol. The van der Waals surface area contributed by atoms with E-state index in [4.69, 9.17) is 9.66 Å². The summed E-state index contributed by atoms with van der Waals surface area (Å²) in [5.74, 6) is -7.08. The van der Waals surface area contributed by atoms with E-state index in [0.717, 1.165) is 25.7 Å². The summed E-state index contributed by atoms with van der Waals surface area (Å²) in [6, 6.07) is 0. The van der Waals surface area contributed by atoms with Crippen LogP contribution in [-0.2, 0) is 39.4 Å². The van der Waals surface area contributed by atoms with E-state index in [0.29, 0.717) is 25.7 Å². The van der Waals surface area contributed by atoms with Gasteiger partial charge in [0, 0.05) is 0 Å². The molecule has 14 nitrogen and oxygen atoms in total. The van der Waals surface area contributed by atoms with Gasteiger partial charge in [-0.3, -0.25) is 23.5 Å². The SMILES string of the molecule is CCCCCCC(CCCCCC)(C(=O)O)C(C(=O)O)S(=O)(=O)O.O=C(O)CC(C(=O)[O-])S(=O)(=O)O.[Na+]. The van der Waals surface area contributed by atoms with Crippen molar-refractivity contribution in [3.8, 4) is 0 Å². The molecule has 0 saturated carbocycles. The van der Waals surface area contributed by atoms with E-state index in [1.54, 1.807) is 0 Å². The van der Waals surface area contributed by atoms with Gasteiger partial charge in [-0.2, -0.15) is 16.8 Å². The first-order chi connectivity index (χ1) is 16.4. The Balaban J connectivity index is -0.000000751. The third kappa shape index (κ3) is 15.6. The minimum Gasteiger partial charge on any atom is -0.549 e. The van der Waals surface area contributed by atoms with E-state index < -0.39 is 66.4 Å². The first kappa shape index (κ1) is 40.2. The summed E-state index contributed by atoms with van der Waals surface area (Å²) in [5.41, 5.74) is -2.00. The van der Waals surface area contributed by atoms with Gasteiger partial charge < -0.3 is 25.2 Å². The van der Waals surface area contributed by atoms with Crippen molar-refractivity contribution in [1.29, 1.82) is 0 Å². The Labute approximate surface area is 238 Å². The molecule has 17 heteroatoms. The molecule has 0 amide bonds. The van der Waals surface area contributed by atoms with Crippen molar-refractivity contribution in [2.75, 3.05) is 0 Å². The fraction of sp³-hybridized carbons (Fsp3) is 0.800. The molecule has 0 fully saturated rings. The third-order valence-corrected chi connectivity index (χ3v) is 7.71. The molecule has 0 aliphatic heterocycles. The minimum atomic E-state index is -5.03. The van der Waals surface area contributed by atoms with Gasteiger partial charge in [-0.05, 0) is 12.8 Å². The molecule has 0 aliphatic rings. The Hall–Kier alpha value is -1.30. The number of hydrogen-bond acceptors (Lipinski definition) is 9. The van der Waals surface area contributed by atoms with Crippen LogP contribution >= 0.6 is 0 Å². The minimum absolute atomic E-state index is 0. The largest absolute Gasteiger partial charge is 1.00 e. The Kier molecular flexibility index (Phi) is 20.5. The smallest absolute Gasteiger partial charge is 0.549 e. The second kappa shape index (κ2) is 18.9. The zero-order valence-electron chi connectivity index (χ0n) is 21.2. The van der Waals surface area contributed by atoms with E-state index in [2.05, 4.69) is 0 Å². The zero-order valence-corrected chi connectivity index (χ0v) is 24.8. The Bertz CT molecular complexity index is 934. The first-order valence-electron chi connectivity index (χ1n) is 11.2. The Morgan fingerprint density at radius 3 is 1.35 bits per heavy atom. The molecular formula is C20H35NaO14S2. The van der Waals surface area contributed by atoms with Crippen molar-refractivity contribution in [2.45, 2.75) is 95.0 Å². The van der Waals surface area contributed by atoms with Crippen LogP contribution in [0.15, 0.2) is 0 Å². The van der Waals surface area contributed by atoms with Gasteiger partial charge in [0.2, 0.25) is 0 Å². The first-order valence-corrected chi connectivity index (χ1v) is 14.2. The molecule has 212 valence electrons. The van der Waals surface area contributed by atoms with Gasteiger partial charge >= 0.3 is 47.5 Å². The van der Waals surface area contributed by atoms with Crippen LogP contribution in [0, 0.1) is 5.41 Å². The van der Waals surface area contributed by atoms with Crippen LogP contribution < -0.4 is 34.7 Å². The van der Waals surface area contributed by atoms with Gasteiger partial charge in [0.25, 0.3) is 20.2 Å². The summed E-state index contributed by atoms with van der Waals surface area (Å²) in [7, 11) is -9.93. The Morgan fingerprint density at radius 2 is 1.16 bits per heavy atom. The van der Waals surface area contributed by atoms with Crippen molar-refractivity contribution < 1.29 is 95.1 Å². The number of rotatable bonds is 18. The van der Waals surface area contributed by atoms with Crippen molar-refractivity contribution in [2.24, 2.45) is 5.41 Å². The van der Waals surface area contributed by atoms with Crippen LogP contribution in [0.3, 0.4) is 0 Å². The van der Waals surface area contributed by atoms with Crippen molar-refractivity contribution >= 4 is 44.1 Å². The molecule has 2 unspecified atom stereocenters. The van der Waals surface area contributed by atoms with Gasteiger partial charge in [0.1, 0.15) is 5.25 Å². The molecule has 0 heterocycles. The molecule has 0 saturated heterocycles. The average Bonchev–Trinajstić information content (AvgIpc) is 2.70. The molecule has 0 bridgehead atoms. The molecular weight excluding hydrogens is 551 g/mol. The number of carbonyl (C=O) groups excluding carboxylic acids is 1. The van der Waals surface area contributed by atoms with E-state index in [1.807, 2.05) is 13.8 Å². The van der Waals surface area contributed by atoms with E-state index in [-0.39, 0.29) is 42.4 Å². The normalized spacial score (nSPS) is 13.3. The molecule has 0 aromatic heterocycles. The van der Waals surface area contributed by atoms with Crippen LogP contribution in [0.4, 0.5) is 0 Å². The molecule has 0 radical (unpaired) electrons. The molecule has 0 rings (SSSR count). The van der Waals surface area contributed by atoms with Crippen molar-refractivity contribution in [3.63, 3.8) is 0 Å². The quantitative estimate of drug-likeness (QED) is 0.0649. The maximum atomic E-state index is 11.9. The van der Waals surface area contributed by atoms with Gasteiger partial charge in [-0.25, -0.2) is 0 Å². The van der Waals surface area contributed by atoms with Crippen molar-refractivity contribution in [3.05, 3.63) is 0 Å². The number of carboxylic acid groups (broad SMARTS) is 4. The summed E-state index contributed by atoms with van der Waals surface area (Å²) in [6.07, 6.45) is 4.37. The molecule has 0 aliphatic carbocycles. The predicted octanol–water partition coefficient (Wildman–Crippen LogP) is -2.19. The van der Waals surface area contributed by atoms with E-state index in [9.17, 15) is 55.9 Å². The van der Waals surface area contributed by atoms with Crippen LogP contribution in [0.1, 0.15) is 84.5 Å². The maximum absolute atomic E-state index is 11.9. The number of hydrogen-bond donors (Lipinski definition) is 5. The standard InChI is InChI=1S/C16H30O7S.C4H6O7S.Na/c1-3-5-7-9-11-16(15(19)20,12-10-8-6-4-2)13(14(17)18)24(21,22)23;5-3(6)1-2(4(7)8)12(9,10)11;/h13H,3-12H2,1-2H3,(H,17,18)(H,19,20)(H,21,22,23);2H,1H2,(H,5,6)(H,7,8)(H,9,10,11);/q;;+1/p-1. The zero-order chi connectivity index (χ0) is 28.7. The molecule has 0 aromatic carbocycles. The number of aliphatic carboxylic acids is 4. The van der Waals surface area contributed by atoms with E-state index in [1.165, 1.54) is 0 Å². The molecule has 37 heavy (non-hydrogen) atoms. The van der Waals surface area contributed by atoms with Crippen LogP contribution in [-0.4, -0.2) is 75.6 Å². The predicted molar refractivity (Wildman–Crippen MR) is 123 cm³/mol.